The van der Waals surface area contributed by atoms with Crippen LogP contribution in [0.1, 0.15) is 25.7 Å². The molecule has 1 N–H and O–H groups in total. The van der Waals surface area contributed by atoms with Crippen LogP contribution in [0, 0.1) is 0 Å². The molecule has 0 fully saturated rings. The highest BCUT2D eigenvalue weighted by Gasteiger charge is 2.27. The molecule has 1 amide bonds. The summed E-state index contributed by atoms with van der Waals surface area (Å²) in [6.07, 6.45) is 5.28. The molecule has 1 aliphatic heterocycles. The number of carbonyl (C=O) groups excluding carboxylic acids is 1. The maximum Gasteiger partial charge on any atom is 0.284 e. The maximum atomic E-state index is 12.5. The number of benzene rings is 2. The highest BCUT2D eigenvalue weighted by atomic mass is 32.2. The average Bonchev–Trinajstić information content (AvgIpc) is 3.22. The number of aromatic nitrogens is 1. The van der Waals surface area contributed by atoms with Gasteiger partial charge in [-0.15, -0.1) is 11.3 Å². The van der Waals surface area contributed by atoms with Gasteiger partial charge in [0.2, 0.25) is 6.10 Å². The molecule has 1 aromatic heterocycles. The number of nitrogens with one attached hydrogen (secondary N) is 1. The number of ether oxygens (including phenoxy) is 2. The second-order valence-electron chi connectivity index (χ2n) is 7.30. The predicted octanol–water partition coefficient (Wildman–Crippen LogP) is 5.16. The monoisotopic (exact) mass is 451 g/mol. The number of carbonyl (C=O) groups is 1. The van der Waals surface area contributed by atoms with Crippen LogP contribution in [-0.4, -0.2) is 29.8 Å². The zero-order chi connectivity index (χ0) is 21.0. The third kappa shape index (κ3) is 4.60. The number of para-hydroxylation sites is 3. The van der Waals surface area contributed by atoms with Gasteiger partial charge in [0.15, 0.2) is 15.8 Å². The van der Waals surface area contributed by atoms with Crippen molar-refractivity contribution in [2.24, 2.45) is 5.10 Å². The highest BCUT2D eigenvalue weighted by Crippen LogP contribution is 2.40. The van der Waals surface area contributed by atoms with Crippen LogP contribution in [0.25, 0.3) is 10.2 Å². The fraction of sp³-hybridized carbons (Fsp3) is 0.261. The first kappa shape index (κ1) is 20.1. The minimum atomic E-state index is -0.719. The van der Waals surface area contributed by atoms with Crippen molar-refractivity contribution >= 4 is 45.4 Å². The molecule has 0 bridgehead atoms. The second-order valence-corrected chi connectivity index (χ2v) is 9.68. The molecular formula is C23H21N3O3S2. The Balaban J connectivity index is 1.25. The van der Waals surface area contributed by atoms with E-state index in [9.17, 15) is 4.79 Å². The number of amides is 1. The van der Waals surface area contributed by atoms with Gasteiger partial charge >= 0.3 is 0 Å². The van der Waals surface area contributed by atoms with Crippen LogP contribution in [0.2, 0.25) is 0 Å². The van der Waals surface area contributed by atoms with Crippen LogP contribution in [0.3, 0.4) is 0 Å². The summed E-state index contributed by atoms with van der Waals surface area (Å²) in [6, 6.07) is 15.5. The van der Waals surface area contributed by atoms with Gasteiger partial charge in [-0.2, -0.15) is 5.10 Å². The zero-order valence-corrected chi connectivity index (χ0v) is 18.4. The lowest BCUT2D eigenvalue weighted by atomic mass is 10.0. The molecule has 0 saturated heterocycles. The zero-order valence-electron chi connectivity index (χ0n) is 16.7. The van der Waals surface area contributed by atoms with Gasteiger partial charge in [-0.25, -0.2) is 10.4 Å². The Bertz CT molecular complexity index is 1140. The van der Waals surface area contributed by atoms with Crippen LogP contribution in [-0.2, 0) is 4.79 Å². The summed E-state index contributed by atoms with van der Waals surface area (Å²) >= 11 is 3.42. The SMILES string of the molecule is O=C(N/N=C\C1=C(Sc2nc3ccccc3s2)CCCC1)[C@H]1COc2ccccc2O1. The fourth-order valence-corrected chi connectivity index (χ4v) is 5.87. The van der Waals surface area contributed by atoms with Crippen molar-refractivity contribution in [3.05, 3.63) is 59.0 Å². The number of nitrogens with zero attached hydrogens (tertiary/aromatic N) is 2. The van der Waals surface area contributed by atoms with E-state index in [0.29, 0.717) is 11.5 Å². The van der Waals surface area contributed by atoms with Crippen molar-refractivity contribution in [3.63, 3.8) is 0 Å². The Morgan fingerprint density at radius 3 is 2.84 bits per heavy atom. The first-order chi connectivity index (χ1) is 15.3. The van der Waals surface area contributed by atoms with Crippen LogP contribution < -0.4 is 14.9 Å². The summed E-state index contributed by atoms with van der Waals surface area (Å²) in [6.45, 7) is 0.166. The van der Waals surface area contributed by atoms with E-state index in [2.05, 4.69) is 16.6 Å². The predicted molar refractivity (Wildman–Crippen MR) is 124 cm³/mol. The molecule has 2 heterocycles. The minimum Gasteiger partial charge on any atom is -0.485 e. The van der Waals surface area contributed by atoms with E-state index in [0.717, 1.165) is 41.1 Å². The number of hydrogen-bond donors (Lipinski definition) is 1. The molecule has 0 unspecified atom stereocenters. The summed E-state index contributed by atoms with van der Waals surface area (Å²) in [5.41, 5.74) is 4.79. The van der Waals surface area contributed by atoms with E-state index in [-0.39, 0.29) is 12.5 Å². The van der Waals surface area contributed by atoms with Gasteiger partial charge in [-0.3, -0.25) is 4.79 Å². The number of hydrogen-bond acceptors (Lipinski definition) is 7. The summed E-state index contributed by atoms with van der Waals surface area (Å²) in [5, 5.41) is 4.21. The maximum absolute atomic E-state index is 12.5. The van der Waals surface area contributed by atoms with E-state index >= 15 is 0 Å². The minimum absolute atomic E-state index is 0.166. The summed E-state index contributed by atoms with van der Waals surface area (Å²) in [7, 11) is 0. The molecule has 1 aliphatic carbocycles. The Kier molecular flexibility index (Phi) is 5.90. The molecule has 2 aliphatic rings. The second kappa shape index (κ2) is 9.11. The number of fused-ring (bicyclic) bond motifs is 2. The number of hydrazone groups is 1. The Morgan fingerprint density at radius 1 is 1.13 bits per heavy atom. The largest absolute Gasteiger partial charge is 0.485 e. The van der Waals surface area contributed by atoms with E-state index in [1.165, 1.54) is 9.61 Å². The lowest BCUT2D eigenvalue weighted by Gasteiger charge is -2.24. The smallest absolute Gasteiger partial charge is 0.284 e. The van der Waals surface area contributed by atoms with Gasteiger partial charge in [0.1, 0.15) is 6.61 Å². The Morgan fingerprint density at radius 2 is 1.94 bits per heavy atom. The normalized spacial score (nSPS) is 18.5. The topological polar surface area (TPSA) is 72.8 Å². The van der Waals surface area contributed by atoms with E-state index in [4.69, 9.17) is 14.5 Å². The molecule has 5 rings (SSSR count). The lowest BCUT2D eigenvalue weighted by Crippen LogP contribution is -2.42. The van der Waals surface area contributed by atoms with Crippen molar-refractivity contribution in [2.45, 2.75) is 36.1 Å². The van der Waals surface area contributed by atoms with Crippen LogP contribution in [0.5, 0.6) is 11.5 Å². The number of thiazole rings is 1. The van der Waals surface area contributed by atoms with Gasteiger partial charge < -0.3 is 9.47 Å². The first-order valence-electron chi connectivity index (χ1n) is 10.2. The van der Waals surface area contributed by atoms with Gasteiger partial charge in [0.05, 0.1) is 16.4 Å². The molecule has 0 spiro atoms. The van der Waals surface area contributed by atoms with Crippen molar-refractivity contribution in [2.75, 3.05) is 6.61 Å². The van der Waals surface area contributed by atoms with Crippen molar-refractivity contribution in [1.29, 1.82) is 0 Å². The molecule has 158 valence electrons. The highest BCUT2D eigenvalue weighted by molar-refractivity contribution is 8.04. The van der Waals surface area contributed by atoms with Gasteiger partial charge in [-0.05, 0) is 60.4 Å². The van der Waals surface area contributed by atoms with Crippen LogP contribution in [0.15, 0.2) is 68.5 Å². The third-order valence-electron chi connectivity index (χ3n) is 5.14. The molecule has 31 heavy (non-hydrogen) atoms. The van der Waals surface area contributed by atoms with E-state index in [1.54, 1.807) is 35.4 Å². The van der Waals surface area contributed by atoms with Crippen molar-refractivity contribution in [1.82, 2.24) is 10.4 Å². The van der Waals surface area contributed by atoms with Gasteiger partial charge in [0.25, 0.3) is 5.91 Å². The molecule has 1 atom stereocenters. The lowest BCUT2D eigenvalue weighted by molar-refractivity contribution is -0.130. The quantitative estimate of drug-likeness (QED) is 0.429. The number of rotatable bonds is 5. The standard InChI is InChI=1S/C23H21N3O3S2/c27-22(19-14-28-17-9-3-4-10-18(17)29-19)26-24-13-15-7-1-5-11-20(15)30-23-25-16-8-2-6-12-21(16)31-23/h2-4,6,8-10,12-13,19H,1,5,7,11,14H2,(H,26,27)/b24-13-/t19-/m1/s1. The number of allylic oxidation sites excluding steroid dienone is 2. The Hall–Kier alpha value is -2.84. The van der Waals surface area contributed by atoms with E-state index < -0.39 is 6.10 Å². The molecule has 6 nitrogen and oxygen atoms in total. The van der Waals surface area contributed by atoms with Crippen LogP contribution >= 0.6 is 23.1 Å². The average molecular weight is 452 g/mol. The molecule has 2 aromatic carbocycles. The van der Waals surface area contributed by atoms with Crippen LogP contribution in [0.4, 0.5) is 0 Å². The molecular weight excluding hydrogens is 430 g/mol. The van der Waals surface area contributed by atoms with Gasteiger partial charge in [0, 0.05) is 0 Å². The number of thioether (sulfide) groups is 1. The first-order valence-corrected chi connectivity index (χ1v) is 11.9. The van der Waals surface area contributed by atoms with Crippen molar-refractivity contribution < 1.29 is 14.3 Å². The molecule has 0 radical (unpaired) electrons. The van der Waals surface area contributed by atoms with Gasteiger partial charge in [-0.1, -0.05) is 36.0 Å². The van der Waals surface area contributed by atoms with E-state index in [1.807, 2.05) is 36.4 Å². The summed E-state index contributed by atoms with van der Waals surface area (Å²) < 4.78 is 13.6. The molecule has 3 aromatic rings. The van der Waals surface area contributed by atoms with Crippen molar-refractivity contribution in [3.8, 4) is 11.5 Å². The fourth-order valence-electron chi connectivity index (χ4n) is 3.55. The summed E-state index contributed by atoms with van der Waals surface area (Å²) in [4.78, 5) is 18.5. The molecule has 0 saturated carbocycles. The Labute approximate surface area is 188 Å². The summed E-state index contributed by atoms with van der Waals surface area (Å²) in [5.74, 6) is 0.906. The molecule has 8 heteroatoms. The third-order valence-corrected chi connectivity index (χ3v) is 7.45.